The van der Waals surface area contributed by atoms with Crippen LogP contribution in [-0.4, -0.2) is 151 Å². The van der Waals surface area contributed by atoms with Crippen molar-refractivity contribution in [2.45, 2.75) is 70.2 Å². The first kappa shape index (κ1) is 37.3. The van der Waals surface area contributed by atoms with Gasteiger partial charge in [0.15, 0.2) is 24.4 Å². The summed E-state index contributed by atoms with van der Waals surface area (Å²) in [6.07, 6.45) is -6.81. The minimum Gasteiger partial charge on any atom is -0.479 e. The van der Waals surface area contributed by atoms with Crippen LogP contribution in [0.5, 0.6) is 0 Å². The number of ether oxygens (including phenoxy) is 1. The van der Waals surface area contributed by atoms with Crippen molar-refractivity contribution in [1.82, 2.24) is 9.80 Å². The molecule has 8 N–H and O–H groups in total. The van der Waals surface area contributed by atoms with Crippen molar-refractivity contribution < 1.29 is 69.6 Å². The van der Waals surface area contributed by atoms with E-state index in [1.54, 1.807) is 0 Å². The minimum atomic E-state index is -2.27. The molecule has 0 amide bonds. The molecular formula is C22H40N2O14. The van der Waals surface area contributed by atoms with Gasteiger partial charge in [-0.2, -0.15) is 0 Å². The Hall–Kier alpha value is -2.89. The topological polar surface area (TPSA) is 263 Å². The predicted molar refractivity (Wildman–Crippen MR) is 128 cm³/mol. The van der Waals surface area contributed by atoms with Crippen LogP contribution in [-0.2, 0) is 28.7 Å². The summed E-state index contributed by atoms with van der Waals surface area (Å²) in [4.78, 5) is 54.9. The maximum Gasteiger partial charge on any atom is 0.335 e. The van der Waals surface area contributed by atoms with Gasteiger partial charge in [-0.3, -0.25) is 4.79 Å². The monoisotopic (exact) mass is 556 g/mol. The number of carbonyl (C=O) groups is 5. The number of hydrogen-bond acceptors (Lipinski definition) is 12. The highest BCUT2D eigenvalue weighted by Gasteiger charge is 2.32. The highest BCUT2D eigenvalue weighted by molar-refractivity contribution is 5.83. The SMILES string of the molecule is CC(=O)OC1CC(C)N(CCCN(C)C)CC1C.O=C(O)[C@H](O)[C@@H](O)C(=O)O.O=C(O)[C@H](O)[C@@H](O)C(=O)O. The van der Waals surface area contributed by atoms with Crippen molar-refractivity contribution in [3.63, 3.8) is 0 Å². The minimum absolute atomic E-state index is 0.0996. The summed E-state index contributed by atoms with van der Waals surface area (Å²) in [6.45, 7) is 9.21. The molecule has 38 heavy (non-hydrogen) atoms. The molecular weight excluding hydrogens is 516 g/mol. The lowest BCUT2D eigenvalue weighted by atomic mass is 9.91. The van der Waals surface area contributed by atoms with Gasteiger partial charge in [-0.25, -0.2) is 19.2 Å². The van der Waals surface area contributed by atoms with E-state index in [9.17, 15) is 24.0 Å². The molecule has 3 unspecified atom stereocenters. The Bertz CT molecular complexity index is 705. The highest BCUT2D eigenvalue weighted by Crippen LogP contribution is 2.24. The van der Waals surface area contributed by atoms with Crippen LogP contribution in [0.2, 0.25) is 0 Å². The molecule has 0 radical (unpaired) electrons. The average Bonchev–Trinajstić information content (AvgIpc) is 2.80. The molecule has 0 aromatic heterocycles. The first-order valence-corrected chi connectivity index (χ1v) is 11.5. The maximum absolute atomic E-state index is 11.1. The van der Waals surface area contributed by atoms with Gasteiger partial charge in [-0.15, -0.1) is 0 Å². The van der Waals surface area contributed by atoms with Crippen molar-refractivity contribution >= 4 is 29.8 Å². The molecule has 0 aliphatic carbocycles. The van der Waals surface area contributed by atoms with Crippen molar-refractivity contribution in [2.24, 2.45) is 5.92 Å². The molecule has 222 valence electrons. The Morgan fingerprint density at radius 2 is 1.18 bits per heavy atom. The number of nitrogens with zero attached hydrogens (tertiary/aromatic N) is 2. The zero-order valence-electron chi connectivity index (χ0n) is 22.0. The quantitative estimate of drug-likeness (QED) is 0.121. The number of esters is 1. The average molecular weight is 557 g/mol. The first-order valence-electron chi connectivity index (χ1n) is 11.5. The normalized spacial score (nSPS) is 22.3. The maximum atomic E-state index is 11.1. The summed E-state index contributed by atoms with van der Waals surface area (Å²) in [5, 5.41) is 65.1. The number of hydrogen-bond donors (Lipinski definition) is 8. The molecule has 1 heterocycles. The number of aliphatic carboxylic acids is 4. The van der Waals surface area contributed by atoms with Gasteiger partial charge < -0.3 is 55.4 Å². The van der Waals surface area contributed by atoms with Crippen LogP contribution in [0.25, 0.3) is 0 Å². The summed E-state index contributed by atoms with van der Waals surface area (Å²) in [5.74, 6) is -6.79. The fraction of sp³-hybridized carbons (Fsp3) is 0.773. The van der Waals surface area contributed by atoms with Gasteiger partial charge in [0.1, 0.15) is 6.10 Å². The van der Waals surface area contributed by atoms with Crippen LogP contribution < -0.4 is 0 Å². The van der Waals surface area contributed by atoms with Crippen molar-refractivity contribution in [3.05, 3.63) is 0 Å². The van der Waals surface area contributed by atoms with Crippen molar-refractivity contribution in [3.8, 4) is 0 Å². The van der Waals surface area contributed by atoms with E-state index >= 15 is 0 Å². The third-order valence-electron chi connectivity index (χ3n) is 5.33. The number of carboxylic acid groups (broad SMARTS) is 4. The van der Waals surface area contributed by atoms with E-state index in [2.05, 4.69) is 37.7 Å². The van der Waals surface area contributed by atoms with Crippen LogP contribution >= 0.6 is 0 Å². The van der Waals surface area contributed by atoms with E-state index in [0.29, 0.717) is 12.0 Å². The van der Waals surface area contributed by atoms with Crippen LogP contribution in [0.1, 0.15) is 33.6 Å². The van der Waals surface area contributed by atoms with Crippen LogP contribution in [0, 0.1) is 5.92 Å². The summed E-state index contributed by atoms with van der Waals surface area (Å²) in [7, 11) is 4.22. The van der Waals surface area contributed by atoms with E-state index in [4.69, 9.17) is 45.6 Å². The van der Waals surface area contributed by atoms with Crippen molar-refractivity contribution in [2.75, 3.05) is 33.7 Å². The number of aliphatic hydroxyl groups is 4. The molecule has 1 aliphatic heterocycles. The zero-order chi connectivity index (χ0) is 30.3. The summed E-state index contributed by atoms with van der Waals surface area (Å²) < 4.78 is 5.39. The highest BCUT2D eigenvalue weighted by atomic mass is 16.5. The Labute approximate surface area is 219 Å². The Morgan fingerprint density at radius 1 is 0.816 bits per heavy atom. The molecule has 1 rings (SSSR count). The molecule has 1 saturated heterocycles. The molecule has 1 fully saturated rings. The standard InChI is InChI=1S/C14H28N2O2.2C4H6O6/c1-11-10-16(8-6-7-15(4)5)12(2)9-14(11)18-13(3)17;2*5-1(3(7)8)2(6)4(9)10/h11-12,14H,6-10H2,1-5H3;2*1-2,5-6H,(H,7,8)(H,9,10)/t;2*1-,2-/m.11/s1. The molecule has 0 saturated carbocycles. The lowest BCUT2D eigenvalue weighted by molar-refractivity contribution is -0.165. The third kappa shape index (κ3) is 15.4. The second kappa shape index (κ2) is 18.4. The van der Waals surface area contributed by atoms with Crippen molar-refractivity contribution in [1.29, 1.82) is 0 Å². The second-order valence-electron chi connectivity index (χ2n) is 8.99. The summed E-state index contributed by atoms with van der Waals surface area (Å²) >= 11 is 0. The molecule has 1 aliphatic rings. The number of aliphatic hydroxyl groups excluding tert-OH is 4. The Kier molecular flexibility index (Phi) is 18.0. The van der Waals surface area contributed by atoms with Crippen LogP contribution in [0.3, 0.4) is 0 Å². The fourth-order valence-electron chi connectivity index (χ4n) is 3.20. The fourth-order valence-corrected chi connectivity index (χ4v) is 3.20. The molecule has 0 aromatic rings. The smallest absolute Gasteiger partial charge is 0.335 e. The number of rotatable bonds is 11. The lowest BCUT2D eigenvalue weighted by Gasteiger charge is -2.41. The predicted octanol–water partition coefficient (Wildman–Crippen LogP) is -2.65. The number of piperidine rings is 1. The third-order valence-corrected chi connectivity index (χ3v) is 5.33. The van der Waals surface area contributed by atoms with Gasteiger partial charge >= 0.3 is 29.8 Å². The molecule has 7 atom stereocenters. The van der Waals surface area contributed by atoms with Gasteiger partial charge in [0.05, 0.1) is 0 Å². The Morgan fingerprint density at radius 3 is 1.47 bits per heavy atom. The van der Waals surface area contributed by atoms with Gasteiger partial charge in [-0.1, -0.05) is 6.92 Å². The van der Waals surface area contributed by atoms with E-state index in [-0.39, 0.29) is 12.1 Å². The first-order chi connectivity index (χ1) is 17.3. The van der Waals surface area contributed by atoms with Gasteiger partial charge in [0.2, 0.25) is 0 Å². The summed E-state index contributed by atoms with van der Waals surface area (Å²) in [5.41, 5.74) is 0. The van der Waals surface area contributed by atoms with E-state index in [1.807, 2.05) is 0 Å². The van der Waals surface area contributed by atoms with Crippen LogP contribution in [0.15, 0.2) is 0 Å². The molecule has 0 aromatic carbocycles. The molecule has 0 spiro atoms. The number of carbonyl (C=O) groups excluding carboxylic acids is 1. The Balaban J connectivity index is 0. The van der Waals surface area contributed by atoms with E-state index < -0.39 is 48.3 Å². The van der Waals surface area contributed by atoms with Gasteiger partial charge in [0.25, 0.3) is 0 Å². The van der Waals surface area contributed by atoms with Gasteiger partial charge in [0, 0.05) is 25.4 Å². The molecule has 16 heteroatoms. The summed E-state index contributed by atoms with van der Waals surface area (Å²) in [6, 6.07) is 0.507. The van der Waals surface area contributed by atoms with E-state index in [1.165, 1.54) is 13.3 Å². The lowest BCUT2D eigenvalue weighted by Crippen LogP contribution is -2.49. The molecule has 16 nitrogen and oxygen atoms in total. The molecule has 0 bridgehead atoms. The number of carboxylic acids is 4. The second-order valence-corrected chi connectivity index (χ2v) is 8.99. The number of likely N-dealkylation sites (tertiary alicyclic amines) is 1. The van der Waals surface area contributed by atoms with E-state index in [0.717, 1.165) is 26.1 Å². The van der Waals surface area contributed by atoms with Crippen LogP contribution in [0.4, 0.5) is 0 Å². The largest absolute Gasteiger partial charge is 0.479 e. The van der Waals surface area contributed by atoms with Gasteiger partial charge in [-0.05, 0) is 47.0 Å². The zero-order valence-corrected chi connectivity index (χ0v) is 22.0.